The number of piperidine rings is 1. The van der Waals surface area contributed by atoms with Crippen LogP contribution in [-0.2, 0) is 21.2 Å². The molecule has 8 nitrogen and oxygen atoms in total. The summed E-state index contributed by atoms with van der Waals surface area (Å²) in [6.07, 6.45) is 1.34. The van der Waals surface area contributed by atoms with Crippen molar-refractivity contribution in [3.8, 4) is 17.6 Å². The maximum Gasteiger partial charge on any atom is 0.265 e. The number of likely N-dealkylation sites (tertiary alicyclic amines) is 1. The Labute approximate surface area is 215 Å². The van der Waals surface area contributed by atoms with Crippen molar-refractivity contribution in [1.82, 2.24) is 4.90 Å². The average Bonchev–Trinajstić information content (AvgIpc) is 2.85. The number of anilines is 1. The van der Waals surface area contributed by atoms with Gasteiger partial charge in [-0.1, -0.05) is 23.7 Å². The second-order valence-corrected chi connectivity index (χ2v) is 11.4. The number of fused-ring (bicyclic) bond motifs is 1. The number of nitrogens with zero attached hydrogens (tertiary/aromatic N) is 3. The van der Waals surface area contributed by atoms with Crippen LogP contribution in [0, 0.1) is 22.6 Å². The molecule has 2 heterocycles. The first-order chi connectivity index (χ1) is 17.0. The fourth-order valence-electron chi connectivity index (χ4n) is 4.64. The molecule has 2 aromatic rings. The van der Waals surface area contributed by atoms with E-state index in [1.54, 1.807) is 24.0 Å². The van der Waals surface area contributed by atoms with Gasteiger partial charge in [0.05, 0.1) is 41.6 Å². The zero-order chi connectivity index (χ0) is 26.1. The van der Waals surface area contributed by atoms with Gasteiger partial charge in [0.2, 0.25) is 10.0 Å². The monoisotopic (exact) mass is 535 g/mol. The van der Waals surface area contributed by atoms with Crippen LogP contribution in [0.1, 0.15) is 25.3 Å². The summed E-state index contributed by atoms with van der Waals surface area (Å²) in [7, 11) is -3.73. The van der Waals surface area contributed by atoms with E-state index in [-0.39, 0.29) is 34.7 Å². The molecule has 1 amide bonds. The van der Waals surface area contributed by atoms with E-state index in [1.807, 2.05) is 0 Å². The topological polar surface area (TPSA) is 99.9 Å². The smallest absolute Gasteiger partial charge is 0.265 e. The molecular weight excluding hydrogens is 509 g/mol. The van der Waals surface area contributed by atoms with Crippen molar-refractivity contribution in [1.29, 1.82) is 5.26 Å². The van der Waals surface area contributed by atoms with E-state index in [1.165, 1.54) is 24.3 Å². The molecular formula is C25H27ClFN3O5S. The summed E-state index contributed by atoms with van der Waals surface area (Å²) in [5, 5.41) is 10.1. The minimum atomic E-state index is -3.73. The van der Waals surface area contributed by atoms with Crippen molar-refractivity contribution in [3.05, 3.63) is 52.8 Å². The first-order valence-corrected chi connectivity index (χ1v) is 13.8. The maximum atomic E-state index is 13.4. The SMILES string of the molecule is CCOc1cc2c(cc1Cl)N(S(C)(=O)=O)CC(C(=O)N1CCC(C#N)(Cc3ccc(F)cc3)CC1)O2. The van der Waals surface area contributed by atoms with E-state index in [0.29, 0.717) is 44.7 Å². The highest BCUT2D eigenvalue weighted by Crippen LogP contribution is 2.42. The van der Waals surface area contributed by atoms with Crippen molar-refractivity contribution in [2.24, 2.45) is 5.41 Å². The number of halogens is 2. The van der Waals surface area contributed by atoms with Crippen LogP contribution in [0.3, 0.4) is 0 Å². The van der Waals surface area contributed by atoms with Crippen LogP contribution in [0.2, 0.25) is 5.02 Å². The van der Waals surface area contributed by atoms with Crippen molar-refractivity contribution in [3.63, 3.8) is 0 Å². The molecule has 1 unspecified atom stereocenters. The highest BCUT2D eigenvalue weighted by atomic mass is 35.5. The Bertz CT molecular complexity index is 1290. The Morgan fingerprint density at radius 1 is 1.28 bits per heavy atom. The first-order valence-electron chi connectivity index (χ1n) is 11.6. The van der Waals surface area contributed by atoms with Gasteiger partial charge >= 0.3 is 0 Å². The van der Waals surface area contributed by atoms with Gasteiger partial charge in [-0.3, -0.25) is 9.10 Å². The molecule has 1 saturated heterocycles. The minimum Gasteiger partial charge on any atom is -0.492 e. The van der Waals surface area contributed by atoms with Gasteiger partial charge in [0.25, 0.3) is 5.91 Å². The number of amides is 1. The molecule has 0 bridgehead atoms. The number of sulfonamides is 1. The lowest BCUT2D eigenvalue weighted by Crippen LogP contribution is -2.54. The third-order valence-electron chi connectivity index (χ3n) is 6.58. The zero-order valence-corrected chi connectivity index (χ0v) is 21.6. The summed E-state index contributed by atoms with van der Waals surface area (Å²) in [4.78, 5) is 15.0. The number of rotatable bonds is 6. The van der Waals surface area contributed by atoms with Gasteiger partial charge < -0.3 is 14.4 Å². The molecule has 1 atom stereocenters. The minimum absolute atomic E-state index is 0.190. The van der Waals surface area contributed by atoms with Crippen LogP contribution < -0.4 is 13.8 Å². The molecule has 4 rings (SSSR count). The van der Waals surface area contributed by atoms with Crippen molar-refractivity contribution in [2.75, 3.05) is 36.8 Å². The second kappa shape index (κ2) is 10.1. The number of ether oxygens (including phenoxy) is 2. The summed E-state index contributed by atoms with van der Waals surface area (Å²) in [6, 6.07) is 11.4. The predicted molar refractivity (Wildman–Crippen MR) is 133 cm³/mol. The highest BCUT2D eigenvalue weighted by molar-refractivity contribution is 7.92. The van der Waals surface area contributed by atoms with Gasteiger partial charge in [-0.15, -0.1) is 0 Å². The van der Waals surface area contributed by atoms with Crippen LogP contribution in [0.5, 0.6) is 11.5 Å². The number of carbonyl (C=O) groups excluding carboxylic acids is 1. The van der Waals surface area contributed by atoms with Gasteiger partial charge in [-0.25, -0.2) is 12.8 Å². The number of hydrogen-bond donors (Lipinski definition) is 0. The van der Waals surface area contributed by atoms with Gasteiger partial charge in [0.1, 0.15) is 17.3 Å². The molecule has 1 fully saturated rings. The molecule has 2 aliphatic rings. The molecule has 0 radical (unpaired) electrons. The molecule has 192 valence electrons. The number of benzene rings is 2. The Kier molecular flexibility index (Phi) is 7.34. The molecule has 0 saturated carbocycles. The van der Waals surface area contributed by atoms with Crippen LogP contribution in [0.25, 0.3) is 0 Å². The largest absolute Gasteiger partial charge is 0.492 e. The first kappa shape index (κ1) is 26.0. The van der Waals surface area contributed by atoms with Gasteiger partial charge in [0, 0.05) is 19.2 Å². The summed E-state index contributed by atoms with van der Waals surface area (Å²) in [5.74, 6) is -0.164. The third kappa shape index (κ3) is 5.37. The van der Waals surface area contributed by atoms with Gasteiger partial charge in [0.15, 0.2) is 6.10 Å². The molecule has 11 heteroatoms. The molecule has 0 aromatic heterocycles. The maximum absolute atomic E-state index is 13.4. The normalized spacial score (nSPS) is 19.1. The fourth-order valence-corrected chi connectivity index (χ4v) is 5.76. The van der Waals surface area contributed by atoms with Gasteiger partial charge in [-0.2, -0.15) is 5.26 Å². The lowest BCUT2D eigenvalue weighted by Gasteiger charge is -2.40. The van der Waals surface area contributed by atoms with E-state index in [4.69, 9.17) is 21.1 Å². The molecule has 36 heavy (non-hydrogen) atoms. The Morgan fingerprint density at radius 2 is 1.94 bits per heavy atom. The summed E-state index contributed by atoms with van der Waals surface area (Å²) >= 11 is 6.26. The Morgan fingerprint density at radius 3 is 2.53 bits per heavy atom. The molecule has 0 N–H and O–H groups in total. The predicted octanol–water partition coefficient (Wildman–Crippen LogP) is 3.78. The molecule has 0 aliphatic carbocycles. The quantitative estimate of drug-likeness (QED) is 0.558. The lowest BCUT2D eigenvalue weighted by atomic mass is 9.75. The van der Waals surface area contributed by atoms with Crippen LogP contribution in [0.15, 0.2) is 36.4 Å². The van der Waals surface area contributed by atoms with Crippen LogP contribution in [0.4, 0.5) is 10.1 Å². The van der Waals surface area contributed by atoms with Crippen molar-refractivity contribution < 1.29 is 27.1 Å². The van der Waals surface area contributed by atoms with Crippen LogP contribution in [-0.4, -0.2) is 57.8 Å². The third-order valence-corrected chi connectivity index (χ3v) is 8.03. The number of nitriles is 1. The van der Waals surface area contributed by atoms with E-state index in [0.717, 1.165) is 16.1 Å². The number of carbonyl (C=O) groups is 1. The van der Waals surface area contributed by atoms with Gasteiger partial charge in [-0.05, 0) is 49.9 Å². The fraction of sp³-hybridized carbons (Fsp3) is 0.440. The van der Waals surface area contributed by atoms with E-state index in [2.05, 4.69) is 6.07 Å². The Balaban J connectivity index is 1.51. The van der Waals surface area contributed by atoms with E-state index in [9.17, 15) is 22.9 Å². The summed E-state index contributed by atoms with van der Waals surface area (Å²) in [6.45, 7) is 2.60. The molecule has 2 aliphatic heterocycles. The average molecular weight is 536 g/mol. The van der Waals surface area contributed by atoms with E-state index < -0.39 is 21.5 Å². The lowest BCUT2D eigenvalue weighted by molar-refractivity contribution is -0.140. The van der Waals surface area contributed by atoms with Crippen molar-refractivity contribution >= 4 is 33.2 Å². The van der Waals surface area contributed by atoms with E-state index >= 15 is 0 Å². The summed E-state index contributed by atoms with van der Waals surface area (Å²) < 4.78 is 50.9. The second-order valence-electron chi connectivity index (χ2n) is 9.10. The summed E-state index contributed by atoms with van der Waals surface area (Å²) in [5.41, 5.74) is 0.435. The number of hydrogen-bond acceptors (Lipinski definition) is 6. The Hall–Kier alpha value is -3.03. The standard InChI is InChI=1S/C25H27ClFN3O5S/c1-3-34-21-13-22-20(12-19(21)26)30(36(2,32)33)15-23(35-22)24(31)29-10-8-25(16-28,9-11-29)14-17-4-6-18(27)7-5-17/h4-7,12-13,23H,3,8-11,14-15H2,1-2H3. The zero-order valence-electron chi connectivity index (χ0n) is 20.0. The van der Waals surface area contributed by atoms with Crippen LogP contribution >= 0.6 is 11.6 Å². The van der Waals surface area contributed by atoms with Crippen molar-refractivity contribution in [2.45, 2.75) is 32.3 Å². The molecule has 2 aromatic carbocycles. The highest BCUT2D eigenvalue weighted by Gasteiger charge is 2.41. The molecule has 0 spiro atoms.